The molecule has 2 aliphatic rings. The predicted molar refractivity (Wildman–Crippen MR) is 38.5 cm³/mol. The Hall–Kier alpha value is 1.31. The van der Waals surface area contributed by atoms with Gasteiger partial charge in [0.2, 0.25) is 0 Å². The van der Waals surface area contributed by atoms with Gasteiger partial charge in [0.25, 0.3) is 0 Å². The first-order chi connectivity index (χ1) is 3.45. The Balaban J connectivity index is 0.000000320. The second-order valence-electron chi connectivity index (χ2n) is 2.72. The summed E-state index contributed by atoms with van der Waals surface area (Å²) in [6.45, 7) is 0. The molecule has 0 aromatic heterocycles. The Labute approximate surface area is 90.8 Å². The molecule has 2 atom stereocenters. The van der Waals surface area contributed by atoms with Crippen LogP contribution in [0.4, 0.5) is 0 Å². The minimum absolute atomic E-state index is 0. The molecule has 42 valence electrons. The van der Waals surface area contributed by atoms with Gasteiger partial charge in [-0.25, -0.2) is 0 Å². The van der Waals surface area contributed by atoms with Crippen molar-refractivity contribution < 1.29 is 0 Å². The number of rotatable bonds is 0. The fraction of sp³-hybridized carbons (Fsp3) is 0.714. The molecule has 0 aromatic carbocycles. The van der Waals surface area contributed by atoms with E-state index in [-0.39, 0.29) is 48.9 Å². The molecule has 0 aromatic rings. The molecule has 1 saturated carbocycles. The van der Waals surface area contributed by atoms with Crippen molar-refractivity contribution in [2.45, 2.75) is 19.3 Å². The molecule has 2 unspecified atom stereocenters. The van der Waals surface area contributed by atoms with Crippen LogP contribution in [0.1, 0.15) is 19.3 Å². The van der Waals surface area contributed by atoms with E-state index in [2.05, 4.69) is 12.2 Å². The van der Waals surface area contributed by atoms with E-state index in [1.54, 1.807) is 0 Å². The third kappa shape index (κ3) is 1.24. The van der Waals surface area contributed by atoms with Crippen LogP contribution in [0.25, 0.3) is 0 Å². The second kappa shape index (κ2) is 2.93. The fourth-order valence-electron chi connectivity index (χ4n) is 1.72. The van der Waals surface area contributed by atoms with Gasteiger partial charge in [-0.1, -0.05) is 12.2 Å². The van der Waals surface area contributed by atoms with E-state index in [1.165, 1.54) is 19.3 Å². The van der Waals surface area contributed by atoms with Crippen molar-refractivity contribution in [1.82, 2.24) is 0 Å². The molecule has 1 heteroatoms. The van der Waals surface area contributed by atoms with Crippen LogP contribution >= 0.6 is 0 Å². The van der Waals surface area contributed by atoms with Gasteiger partial charge >= 0.3 is 48.9 Å². The van der Waals surface area contributed by atoms with Crippen molar-refractivity contribution in [1.29, 1.82) is 0 Å². The molecule has 2 bridgehead atoms. The second-order valence-corrected chi connectivity index (χ2v) is 2.72. The van der Waals surface area contributed by atoms with Crippen LogP contribution in [0, 0.1) is 11.8 Å². The Bertz CT molecular complexity index is 95.0. The van der Waals surface area contributed by atoms with Crippen LogP contribution in [0.3, 0.4) is 0 Å². The first kappa shape index (κ1) is 7.42. The fourth-order valence-corrected chi connectivity index (χ4v) is 1.72. The van der Waals surface area contributed by atoms with Crippen molar-refractivity contribution >= 4 is 48.9 Å². The normalized spacial score (nSPS) is 40.0. The molecule has 0 aliphatic heterocycles. The number of fused-ring (bicyclic) bond motifs is 2. The zero-order valence-corrected chi connectivity index (χ0v) is 4.43. The van der Waals surface area contributed by atoms with Crippen molar-refractivity contribution in [2.24, 2.45) is 11.8 Å². The SMILES string of the molecule is C1=CC2CCC1C2.[BaH2]. The van der Waals surface area contributed by atoms with Gasteiger partial charge < -0.3 is 0 Å². The molecule has 0 amide bonds. The van der Waals surface area contributed by atoms with Gasteiger partial charge in [-0.15, -0.1) is 0 Å². The van der Waals surface area contributed by atoms with Crippen LogP contribution in [0.15, 0.2) is 12.2 Å². The van der Waals surface area contributed by atoms with Gasteiger partial charge in [0.1, 0.15) is 0 Å². The first-order valence-corrected chi connectivity index (χ1v) is 3.13. The zero-order chi connectivity index (χ0) is 4.69. The van der Waals surface area contributed by atoms with Gasteiger partial charge in [-0.2, -0.15) is 0 Å². The van der Waals surface area contributed by atoms with Crippen molar-refractivity contribution in [2.75, 3.05) is 0 Å². The van der Waals surface area contributed by atoms with Crippen LogP contribution < -0.4 is 0 Å². The molecule has 0 N–H and O–H groups in total. The summed E-state index contributed by atoms with van der Waals surface area (Å²) in [6, 6.07) is 0. The van der Waals surface area contributed by atoms with E-state index in [9.17, 15) is 0 Å². The van der Waals surface area contributed by atoms with Gasteiger partial charge in [0, 0.05) is 0 Å². The van der Waals surface area contributed by atoms with Gasteiger partial charge in [-0.3, -0.25) is 0 Å². The monoisotopic (exact) mass is 234 g/mol. The third-order valence-corrected chi connectivity index (χ3v) is 2.17. The summed E-state index contributed by atoms with van der Waals surface area (Å²) in [6.07, 6.45) is 9.19. The molecule has 0 spiro atoms. The van der Waals surface area contributed by atoms with Gasteiger partial charge in [0.05, 0.1) is 0 Å². The van der Waals surface area contributed by atoms with E-state index in [1.807, 2.05) is 0 Å². The van der Waals surface area contributed by atoms with E-state index in [0.29, 0.717) is 0 Å². The first-order valence-electron chi connectivity index (χ1n) is 3.13. The zero-order valence-electron chi connectivity index (χ0n) is 4.43. The topological polar surface area (TPSA) is 0 Å². The molecule has 0 heterocycles. The Morgan fingerprint density at radius 2 is 1.50 bits per heavy atom. The Morgan fingerprint density at radius 3 is 1.62 bits per heavy atom. The maximum absolute atomic E-state index is 2.38. The Morgan fingerprint density at radius 1 is 1.00 bits per heavy atom. The van der Waals surface area contributed by atoms with E-state index < -0.39 is 0 Å². The minimum atomic E-state index is 0. The maximum atomic E-state index is 2.38. The summed E-state index contributed by atoms with van der Waals surface area (Å²) in [5.74, 6) is 1.98. The molecule has 0 radical (unpaired) electrons. The Kier molecular flexibility index (Phi) is 2.72. The molecular weight excluding hydrogens is 221 g/mol. The van der Waals surface area contributed by atoms with Crippen molar-refractivity contribution in [3.05, 3.63) is 12.2 Å². The number of hydrogen-bond acceptors (Lipinski definition) is 0. The van der Waals surface area contributed by atoms with Crippen LogP contribution in [-0.4, -0.2) is 48.9 Å². The van der Waals surface area contributed by atoms with E-state index >= 15 is 0 Å². The summed E-state index contributed by atoms with van der Waals surface area (Å²) in [5.41, 5.74) is 0. The van der Waals surface area contributed by atoms with E-state index in [4.69, 9.17) is 0 Å². The average Bonchev–Trinajstić information content (AvgIpc) is 2.22. The predicted octanol–water partition coefficient (Wildman–Crippen LogP) is 1.06. The van der Waals surface area contributed by atoms with Crippen molar-refractivity contribution in [3.8, 4) is 0 Å². The van der Waals surface area contributed by atoms with Crippen molar-refractivity contribution in [3.63, 3.8) is 0 Å². The molecule has 0 nitrogen and oxygen atoms in total. The summed E-state index contributed by atoms with van der Waals surface area (Å²) in [4.78, 5) is 0. The molecule has 8 heavy (non-hydrogen) atoms. The van der Waals surface area contributed by atoms with Crippen LogP contribution in [-0.2, 0) is 0 Å². The summed E-state index contributed by atoms with van der Waals surface area (Å²) in [7, 11) is 0. The standard InChI is InChI=1S/C7H10.Ba.2H/c1-2-7-4-3-6(1)5-7;;;/h1-2,6-7H,3-5H2;;;. The number of allylic oxidation sites excluding steroid dienone is 2. The third-order valence-electron chi connectivity index (χ3n) is 2.17. The summed E-state index contributed by atoms with van der Waals surface area (Å²) < 4.78 is 0. The van der Waals surface area contributed by atoms with E-state index in [0.717, 1.165) is 11.8 Å². The molecule has 0 saturated heterocycles. The molecular formula is C7H12Ba. The molecule has 1 fully saturated rings. The number of hydrogen-bond donors (Lipinski definition) is 0. The summed E-state index contributed by atoms with van der Waals surface area (Å²) in [5, 5.41) is 0. The molecule has 2 rings (SSSR count). The van der Waals surface area contributed by atoms with Gasteiger partial charge in [-0.05, 0) is 31.1 Å². The average molecular weight is 234 g/mol. The molecule has 2 aliphatic carbocycles. The quantitative estimate of drug-likeness (QED) is 0.433. The van der Waals surface area contributed by atoms with Gasteiger partial charge in [0.15, 0.2) is 0 Å². The van der Waals surface area contributed by atoms with Crippen LogP contribution in [0.2, 0.25) is 0 Å². The summed E-state index contributed by atoms with van der Waals surface area (Å²) >= 11 is 0. The van der Waals surface area contributed by atoms with Crippen LogP contribution in [0.5, 0.6) is 0 Å².